The number of carbonyl (C=O) groups excluding carboxylic acids is 2. The molecule has 0 aliphatic rings. The normalized spacial score (nSPS) is 10.7. The Bertz CT molecular complexity index is 829. The molecule has 1 heterocycles. The molecule has 2 aromatic rings. The van der Waals surface area contributed by atoms with Crippen molar-refractivity contribution in [3.05, 3.63) is 57.1 Å². The van der Waals surface area contributed by atoms with Crippen LogP contribution in [0.25, 0.3) is 6.08 Å². The van der Waals surface area contributed by atoms with E-state index in [0.29, 0.717) is 22.9 Å². The highest BCUT2D eigenvalue weighted by atomic mass is 32.1. The van der Waals surface area contributed by atoms with Crippen LogP contribution >= 0.6 is 11.3 Å². The van der Waals surface area contributed by atoms with E-state index in [4.69, 9.17) is 4.74 Å². The molecular formula is C17H17N3O5S. The predicted octanol–water partition coefficient (Wildman–Crippen LogP) is 3.18. The lowest BCUT2D eigenvalue weighted by Crippen LogP contribution is -2.27. The highest BCUT2D eigenvalue weighted by molar-refractivity contribution is 7.14. The molecule has 9 heteroatoms. The molecule has 0 bridgehead atoms. The maximum atomic E-state index is 11.8. The molecule has 0 unspecified atom stereocenters. The van der Waals surface area contributed by atoms with Crippen LogP contribution in [0.3, 0.4) is 0 Å². The molecule has 0 aliphatic carbocycles. The Kier molecular flexibility index (Phi) is 6.56. The van der Waals surface area contributed by atoms with E-state index in [1.54, 1.807) is 5.38 Å². The highest BCUT2D eigenvalue weighted by Crippen LogP contribution is 2.21. The summed E-state index contributed by atoms with van der Waals surface area (Å²) >= 11 is 1.31. The third kappa shape index (κ3) is 5.21. The van der Waals surface area contributed by atoms with Gasteiger partial charge in [0.15, 0.2) is 5.13 Å². The first kappa shape index (κ1) is 19.3. The minimum Gasteiger partial charge on any atom is -0.456 e. The molecule has 0 saturated carbocycles. The van der Waals surface area contributed by atoms with Gasteiger partial charge in [-0.05, 0) is 30.7 Å². The van der Waals surface area contributed by atoms with Gasteiger partial charge >= 0.3 is 5.97 Å². The van der Waals surface area contributed by atoms with Crippen molar-refractivity contribution in [2.75, 3.05) is 11.4 Å². The predicted molar refractivity (Wildman–Crippen MR) is 97.7 cm³/mol. The minimum atomic E-state index is -0.559. The summed E-state index contributed by atoms with van der Waals surface area (Å²) in [6.45, 7) is 3.83. The van der Waals surface area contributed by atoms with Crippen molar-refractivity contribution in [2.45, 2.75) is 20.5 Å². The van der Waals surface area contributed by atoms with E-state index in [1.165, 1.54) is 59.6 Å². The van der Waals surface area contributed by atoms with Crippen LogP contribution < -0.4 is 4.90 Å². The third-order valence-electron chi connectivity index (χ3n) is 3.34. The second-order valence-electron chi connectivity index (χ2n) is 5.17. The van der Waals surface area contributed by atoms with E-state index in [2.05, 4.69) is 4.98 Å². The molecule has 136 valence electrons. The number of amides is 1. The number of carbonyl (C=O) groups is 2. The van der Waals surface area contributed by atoms with E-state index < -0.39 is 10.9 Å². The number of benzene rings is 1. The van der Waals surface area contributed by atoms with Gasteiger partial charge in [0.2, 0.25) is 5.91 Å². The van der Waals surface area contributed by atoms with Gasteiger partial charge in [-0.15, -0.1) is 11.3 Å². The number of non-ortho nitro benzene ring substituents is 1. The van der Waals surface area contributed by atoms with Crippen LogP contribution in [0.1, 0.15) is 25.1 Å². The SMILES string of the molecule is CCN(C(C)=O)c1nc(COC(=O)/C=C/c2ccc([N+](=O)[O-])cc2)cs1. The molecule has 1 amide bonds. The molecule has 8 nitrogen and oxygen atoms in total. The third-order valence-corrected chi connectivity index (χ3v) is 4.26. The second kappa shape index (κ2) is 8.86. The molecule has 2 rings (SSSR count). The number of ether oxygens (including phenoxy) is 1. The van der Waals surface area contributed by atoms with Crippen molar-refractivity contribution in [2.24, 2.45) is 0 Å². The summed E-state index contributed by atoms with van der Waals surface area (Å²) < 4.78 is 5.11. The van der Waals surface area contributed by atoms with Crippen molar-refractivity contribution in [1.29, 1.82) is 0 Å². The zero-order valence-electron chi connectivity index (χ0n) is 14.2. The van der Waals surface area contributed by atoms with Crippen LogP contribution in [0.5, 0.6) is 0 Å². The van der Waals surface area contributed by atoms with Gasteiger partial charge in [-0.3, -0.25) is 19.8 Å². The maximum absolute atomic E-state index is 11.8. The van der Waals surface area contributed by atoms with Gasteiger partial charge in [0, 0.05) is 37.1 Å². The number of nitro groups is 1. The fourth-order valence-electron chi connectivity index (χ4n) is 2.04. The number of anilines is 1. The van der Waals surface area contributed by atoms with E-state index in [9.17, 15) is 19.7 Å². The number of nitro benzene ring substituents is 1. The molecule has 0 fully saturated rings. The van der Waals surface area contributed by atoms with Gasteiger partial charge in [0.1, 0.15) is 6.61 Å². The first-order valence-corrected chi connectivity index (χ1v) is 8.60. The van der Waals surface area contributed by atoms with E-state index in [1.807, 2.05) is 6.92 Å². The lowest BCUT2D eigenvalue weighted by molar-refractivity contribution is -0.384. The average Bonchev–Trinajstić information content (AvgIpc) is 3.07. The molecule has 1 aromatic heterocycles. The Morgan fingerprint density at radius 3 is 2.62 bits per heavy atom. The van der Waals surface area contributed by atoms with Crippen LogP contribution in [-0.4, -0.2) is 28.3 Å². The topological polar surface area (TPSA) is 103 Å². The van der Waals surface area contributed by atoms with Crippen molar-refractivity contribution in [1.82, 2.24) is 4.98 Å². The van der Waals surface area contributed by atoms with Gasteiger partial charge in [-0.1, -0.05) is 0 Å². The molecule has 0 aliphatic heterocycles. The summed E-state index contributed by atoms with van der Waals surface area (Å²) in [5.74, 6) is -0.659. The Balaban J connectivity index is 1.89. The summed E-state index contributed by atoms with van der Waals surface area (Å²) in [6, 6.07) is 5.79. The van der Waals surface area contributed by atoms with Gasteiger partial charge in [0.05, 0.1) is 10.6 Å². The number of nitrogens with zero attached hydrogens (tertiary/aromatic N) is 3. The molecule has 0 N–H and O–H groups in total. The lowest BCUT2D eigenvalue weighted by atomic mass is 10.2. The number of rotatable bonds is 7. The van der Waals surface area contributed by atoms with Crippen LogP contribution in [0.2, 0.25) is 0 Å². The molecule has 26 heavy (non-hydrogen) atoms. The number of esters is 1. The van der Waals surface area contributed by atoms with Gasteiger partial charge in [-0.2, -0.15) is 0 Å². The average molecular weight is 375 g/mol. The highest BCUT2D eigenvalue weighted by Gasteiger charge is 2.13. The van der Waals surface area contributed by atoms with Gasteiger partial charge in [-0.25, -0.2) is 9.78 Å². The largest absolute Gasteiger partial charge is 0.456 e. The van der Waals surface area contributed by atoms with Crippen LogP contribution in [0, 0.1) is 10.1 Å². The standard InChI is InChI=1S/C17H17N3O5S/c1-3-19(12(2)21)17-18-14(11-26-17)10-25-16(22)9-6-13-4-7-15(8-5-13)20(23)24/h4-9,11H,3,10H2,1-2H3/b9-6+. The van der Waals surface area contributed by atoms with Crippen molar-refractivity contribution >= 4 is 40.1 Å². The van der Waals surface area contributed by atoms with Crippen molar-refractivity contribution < 1.29 is 19.2 Å². The first-order valence-electron chi connectivity index (χ1n) is 7.72. The van der Waals surface area contributed by atoms with Crippen molar-refractivity contribution in [3.8, 4) is 0 Å². The quantitative estimate of drug-likeness (QED) is 0.319. The van der Waals surface area contributed by atoms with E-state index in [0.717, 1.165) is 0 Å². The molecular weight excluding hydrogens is 358 g/mol. The zero-order chi connectivity index (χ0) is 19.1. The number of aromatic nitrogens is 1. The Labute approximate surface area is 153 Å². The summed E-state index contributed by atoms with van der Waals surface area (Å²) in [5, 5.41) is 12.9. The Hall–Kier alpha value is -3.07. The van der Waals surface area contributed by atoms with Crippen LogP contribution in [0.15, 0.2) is 35.7 Å². The molecule has 0 spiro atoms. The summed E-state index contributed by atoms with van der Waals surface area (Å²) in [5.41, 5.74) is 1.18. The Morgan fingerprint density at radius 2 is 2.04 bits per heavy atom. The van der Waals surface area contributed by atoms with Crippen LogP contribution in [-0.2, 0) is 20.9 Å². The Morgan fingerprint density at radius 1 is 1.35 bits per heavy atom. The number of hydrogen-bond acceptors (Lipinski definition) is 7. The van der Waals surface area contributed by atoms with E-state index in [-0.39, 0.29) is 18.2 Å². The second-order valence-corrected chi connectivity index (χ2v) is 6.01. The smallest absolute Gasteiger partial charge is 0.331 e. The summed E-state index contributed by atoms with van der Waals surface area (Å²) in [6.07, 6.45) is 2.75. The molecule has 0 saturated heterocycles. The van der Waals surface area contributed by atoms with Gasteiger partial charge in [0.25, 0.3) is 5.69 Å². The van der Waals surface area contributed by atoms with Crippen molar-refractivity contribution in [3.63, 3.8) is 0 Å². The first-order chi connectivity index (χ1) is 12.4. The summed E-state index contributed by atoms with van der Waals surface area (Å²) in [7, 11) is 0. The molecule has 1 aromatic carbocycles. The molecule has 0 atom stereocenters. The minimum absolute atomic E-state index is 0.00457. The van der Waals surface area contributed by atoms with Gasteiger partial charge < -0.3 is 4.74 Å². The van der Waals surface area contributed by atoms with E-state index >= 15 is 0 Å². The molecule has 0 radical (unpaired) electrons. The van der Waals surface area contributed by atoms with Crippen LogP contribution in [0.4, 0.5) is 10.8 Å². The zero-order valence-corrected chi connectivity index (χ0v) is 15.1. The fourth-order valence-corrected chi connectivity index (χ4v) is 2.96. The number of thiazole rings is 1. The number of hydrogen-bond donors (Lipinski definition) is 0. The fraction of sp³-hybridized carbons (Fsp3) is 0.235. The monoisotopic (exact) mass is 375 g/mol. The summed E-state index contributed by atoms with van der Waals surface area (Å²) in [4.78, 5) is 39.2. The maximum Gasteiger partial charge on any atom is 0.331 e. The lowest BCUT2D eigenvalue weighted by Gasteiger charge is -2.14.